The van der Waals surface area contributed by atoms with Crippen molar-refractivity contribution in [2.45, 2.75) is 13.0 Å². The lowest BCUT2D eigenvalue weighted by Crippen LogP contribution is -2.06. The van der Waals surface area contributed by atoms with Gasteiger partial charge in [0.05, 0.1) is 17.5 Å². The second kappa shape index (κ2) is 6.05. The summed E-state index contributed by atoms with van der Waals surface area (Å²) in [4.78, 5) is 8.52. The maximum atomic E-state index is 4.48. The topological polar surface area (TPSA) is 42.7 Å². The quantitative estimate of drug-likeness (QED) is 0.725. The van der Waals surface area contributed by atoms with Crippen molar-refractivity contribution in [3.63, 3.8) is 0 Å². The molecule has 1 aromatic carbocycles. The lowest BCUT2D eigenvalue weighted by Gasteiger charge is -2.09. The van der Waals surface area contributed by atoms with E-state index >= 15 is 0 Å². The molecule has 0 amide bonds. The van der Waals surface area contributed by atoms with Gasteiger partial charge in [-0.2, -0.15) is 0 Å². The molecule has 0 aliphatic heterocycles. The van der Waals surface area contributed by atoms with Gasteiger partial charge in [0.15, 0.2) is 0 Å². The van der Waals surface area contributed by atoms with E-state index in [9.17, 15) is 0 Å². The molecule has 2 aromatic heterocycles. The van der Waals surface area contributed by atoms with E-state index in [0.29, 0.717) is 0 Å². The number of nitrogens with one attached hydrogen (secondary N) is 1. The van der Waals surface area contributed by atoms with Crippen molar-refractivity contribution in [2.24, 2.45) is 0 Å². The number of pyridine rings is 1. The van der Waals surface area contributed by atoms with Gasteiger partial charge < -0.3 is 9.88 Å². The number of rotatable bonds is 5. The molecule has 20 heavy (non-hydrogen) atoms. The van der Waals surface area contributed by atoms with Crippen LogP contribution in [0.3, 0.4) is 0 Å². The van der Waals surface area contributed by atoms with Gasteiger partial charge in [-0.15, -0.1) is 0 Å². The van der Waals surface area contributed by atoms with Crippen LogP contribution in [0.2, 0.25) is 0 Å². The smallest absolute Gasteiger partial charge is 0.0945 e. The molecule has 102 valence electrons. The van der Waals surface area contributed by atoms with E-state index in [-0.39, 0.29) is 0 Å². The molecule has 0 aliphatic carbocycles. The maximum Gasteiger partial charge on any atom is 0.0945 e. The highest BCUT2D eigenvalue weighted by molar-refractivity contribution is 9.10. The third-order valence-corrected chi connectivity index (χ3v) is 3.58. The molecule has 0 fully saturated rings. The van der Waals surface area contributed by atoms with Crippen LogP contribution in [0.5, 0.6) is 0 Å². The van der Waals surface area contributed by atoms with E-state index in [1.807, 2.05) is 18.7 Å². The summed E-state index contributed by atoms with van der Waals surface area (Å²) in [6.07, 6.45) is 8.51. The number of anilines is 1. The fourth-order valence-corrected chi connectivity index (χ4v) is 2.53. The van der Waals surface area contributed by atoms with Gasteiger partial charge in [-0.3, -0.25) is 4.98 Å². The Kier molecular flexibility index (Phi) is 3.97. The highest BCUT2D eigenvalue weighted by Gasteiger charge is 2.02. The summed E-state index contributed by atoms with van der Waals surface area (Å²) in [5.41, 5.74) is 2.10. The standard InChI is InChI=1S/C15H15BrN4/c16-13-9-12-3-1-4-14(15(12)19-10-13)18-5-2-7-20-8-6-17-11-20/h1,3-4,6,8-11,18H,2,5,7H2. The van der Waals surface area contributed by atoms with Gasteiger partial charge in [-0.25, -0.2) is 4.98 Å². The molecular formula is C15H15BrN4. The van der Waals surface area contributed by atoms with Gasteiger partial charge in [0.1, 0.15) is 0 Å². The summed E-state index contributed by atoms with van der Waals surface area (Å²) in [5.74, 6) is 0. The fraction of sp³-hybridized carbons (Fsp3) is 0.200. The van der Waals surface area contributed by atoms with Crippen molar-refractivity contribution in [1.82, 2.24) is 14.5 Å². The SMILES string of the molecule is Brc1cnc2c(NCCCn3ccnc3)cccc2c1. The van der Waals surface area contributed by atoms with Crippen LogP contribution < -0.4 is 5.32 Å². The number of nitrogens with zero attached hydrogens (tertiary/aromatic N) is 3. The predicted octanol–water partition coefficient (Wildman–Crippen LogP) is 3.70. The number of fused-ring (bicyclic) bond motifs is 1. The van der Waals surface area contributed by atoms with Crippen molar-refractivity contribution in [3.8, 4) is 0 Å². The molecule has 5 heteroatoms. The van der Waals surface area contributed by atoms with Crippen LogP contribution in [0.4, 0.5) is 5.69 Å². The number of aryl methyl sites for hydroxylation is 1. The lowest BCUT2D eigenvalue weighted by atomic mass is 10.2. The molecule has 0 bridgehead atoms. The largest absolute Gasteiger partial charge is 0.383 e. The zero-order valence-corrected chi connectivity index (χ0v) is 12.5. The van der Waals surface area contributed by atoms with E-state index in [0.717, 1.165) is 40.6 Å². The van der Waals surface area contributed by atoms with Crippen molar-refractivity contribution >= 4 is 32.5 Å². The van der Waals surface area contributed by atoms with E-state index in [2.05, 4.69) is 60.0 Å². The number of benzene rings is 1. The number of para-hydroxylation sites is 1. The minimum atomic E-state index is 0.912. The molecule has 1 N–H and O–H groups in total. The highest BCUT2D eigenvalue weighted by atomic mass is 79.9. The van der Waals surface area contributed by atoms with Crippen molar-refractivity contribution in [3.05, 3.63) is 53.7 Å². The summed E-state index contributed by atoms with van der Waals surface area (Å²) in [6.45, 7) is 1.88. The van der Waals surface area contributed by atoms with Crippen LogP contribution in [0, 0.1) is 0 Å². The number of halogens is 1. The van der Waals surface area contributed by atoms with Gasteiger partial charge in [-0.1, -0.05) is 12.1 Å². The van der Waals surface area contributed by atoms with Crippen LogP contribution in [-0.4, -0.2) is 21.1 Å². The number of hydrogen-bond donors (Lipinski definition) is 1. The van der Waals surface area contributed by atoms with E-state index in [1.165, 1.54) is 0 Å². The number of aromatic nitrogens is 3. The molecule has 0 spiro atoms. The van der Waals surface area contributed by atoms with Crippen LogP contribution in [0.1, 0.15) is 6.42 Å². The summed E-state index contributed by atoms with van der Waals surface area (Å²) in [5, 5.41) is 4.60. The third kappa shape index (κ3) is 2.99. The van der Waals surface area contributed by atoms with Gasteiger partial charge in [-0.05, 0) is 34.5 Å². The molecular weight excluding hydrogens is 316 g/mol. The van der Waals surface area contributed by atoms with Gasteiger partial charge >= 0.3 is 0 Å². The first-order chi connectivity index (χ1) is 9.83. The summed E-state index contributed by atoms with van der Waals surface area (Å²) < 4.78 is 3.09. The van der Waals surface area contributed by atoms with Crippen LogP contribution in [-0.2, 0) is 6.54 Å². The highest BCUT2D eigenvalue weighted by Crippen LogP contribution is 2.23. The molecule has 0 atom stereocenters. The van der Waals surface area contributed by atoms with Gasteiger partial charge in [0.2, 0.25) is 0 Å². The Bertz CT molecular complexity index is 694. The zero-order valence-electron chi connectivity index (χ0n) is 11.0. The minimum absolute atomic E-state index is 0.912. The monoisotopic (exact) mass is 330 g/mol. The Morgan fingerprint density at radius 3 is 3.10 bits per heavy atom. The molecule has 0 aliphatic rings. The summed E-state index contributed by atoms with van der Waals surface area (Å²) in [6, 6.07) is 8.28. The fourth-order valence-electron chi connectivity index (χ4n) is 2.18. The maximum absolute atomic E-state index is 4.48. The zero-order chi connectivity index (χ0) is 13.8. The Morgan fingerprint density at radius 2 is 2.25 bits per heavy atom. The molecule has 4 nitrogen and oxygen atoms in total. The Balaban J connectivity index is 1.65. The van der Waals surface area contributed by atoms with Crippen LogP contribution >= 0.6 is 15.9 Å². The number of imidazole rings is 1. The first kappa shape index (κ1) is 13.1. The molecule has 0 saturated heterocycles. The average molecular weight is 331 g/mol. The Hall–Kier alpha value is -1.88. The van der Waals surface area contributed by atoms with Crippen LogP contribution in [0.25, 0.3) is 10.9 Å². The minimum Gasteiger partial charge on any atom is -0.383 e. The first-order valence-electron chi connectivity index (χ1n) is 6.57. The lowest BCUT2D eigenvalue weighted by molar-refractivity contribution is 0.661. The molecule has 3 aromatic rings. The Labute approximate surface area is 126 Å². The molecule has 0 unspecified atom stereocenters. The van der Waals surface area contributed by atoms with Crippen molar-refractivity contribution in [1.29, 1.82) is 0 Å². The second-order valence-corrected chi connectivity index (χ2v) is 5.53. The average Bonchev–Trinajstić information content (AvgIpc) is 2.96. The van der Waals surface area contributed by atoms with E-state index in [1.54, 1.807) is 6.20 Å². The number of hydrogen-bond acceptors (Lipinski definition) is 3. The molecule has 0 saturated carbocycles. The van der Waals surface area contributed by atoms with Gasteiger partial charge in [0, 0.05) is 41.5 Å². The van der Waals surface area contributed by atoms with Gasteiger partial charge in [0.25, 0.3) is 0 Å². The van der Waals surface area contributed by atoms with Crippen molar-refractivity contribution in [2.75, 3.05) is 11.9 Å². The molecule has 0 radical (unpaired) electrons. The predicted molar refractivity (Wildman–Crippen MR) is 84.8 cm³/mol. The third-order valence-electron chi connectivity index (χ3n) is 3.15. The molecule has 2 heterocycles. The van der Waals surface area contributed by atoms with Crippen molar-refractivity contribution < 1.29 is 0 Å². The summed E-state index contributed by atoms with van der Waals surface area (Å²) >= 11 is 3.45. The van der Waals surface area contributed by atoms with E-state index < -0.39 is 0 Å². The first-order valence-corrected chi connectivity index (χ1v) is 7.36. The molecule has 3 rings (SSSR count). The van der Waals surface area contributed by atoms with Crippen LogP contribution in [0.15, 0.2) is 53.7 Å². The second-order valence-electron chi connectivity index (χ2n) is 4.61. The van der Waals surface area contributed by atoms with E-state index in [4.69, 9.17) is 0 Å². The normalized spacial score (nSPS) is 10.8. The Morgan fingerprint density at radius 1 is 1.30 bits per heavy atom. The summed E-state index contributed by atoms with van der Waals surface area (Å²) in [7, 11) is 0.